The van der Waals surface area contributed by atoms with Crippen molar-refractivity contribution in [2.75, 3.05) is 25.1 Å². The predicted octanol–water partition coefficient (Wildman–Crippen LogP) is 4.20. The number of anilines is 1. The smallest absolute Gasteiger partial charge is 0.263 e. The summed E-state index contributed by atoms with van der Waals surface area (Å²) in [6.45, 7) is 1.88. The van der Waals surface area contributed by atoms with Crippen molar-refractivity contribution in [1.29, 1.82) is 0 Å². The van der Waals surface area contributed by atoms with Gasteiger partial charge < -0.3 is 24.8 Å². The number of ketones is 1. The minimum absolute atomic E-state index is 0.129. The lowest BCUT2D eigenvalue weighted by molar-refractivity contribution is -0.144. The molecule has 3 saturated carbocycles. The molecule has 2 aromatic rings. The Labute approximate surface area is 220 Å². The van der Waals surface area contributed by atoms with Gasteiger partial charge in [0.05, 0.1) is 18.3 Å². The number of nitrogens with one attached hydrogen (secondary N) is 1. The van der Waals surface area contributed by atoms with E-state index in [1.54, 1.807) is 31.2 Å². The summed E-state index contributed by atoms with van der Waals surface area (Å²) in [5.74, 6) is 0.205. The highest BCUT2D eigenvalue weighted by Gasteiger charge is 2.55. The Kier molecular flexibility index (Phi) is 6.83. The average molecular weight is 531 g/mol. The van der Waals surface area contributed by atoms with Gasteiger partial charge in [0.25, 0.3) is 5.91 Å². The Bertz CT molecular complexity index is 1210. The molecule has 2 atom stereocenters. The van der Waals surface area contributed by atoms with Crippen molar-refractivity contribution in [1.82, 2.24) is 5.32 Å². The summed E-state index contributed by atoms with van der Waals surface area (Å²) in [4.78, 5) is 27.9. The molecule has 0 aromatic heterocycles. The van der Waals surface area contributed by atoms with E-state index < -0.39 is 23.2 Å². The van der Waals surface area contributed by atoms with Gasteiger partial charge in [-0.15, -0.1) is 0 Å². The number of likely N-dealkylation sites (N-methyl/N-ethyl adjacent to an activating group) is 1. The quantitative estimate of drug-likeness (QED) is 0.558. The van der Waals surface area contributed by atoms with E-state index in [4.69, 9.17) is 21.1 Å². The van der Waals surface area contributed by atoms with Gasteiger partial charge in [-0.25, -0.2) is 4.39 Å². The number of nitrogens with zero attached hydrogens (tertiary/aromatic N) is 1. The summed E-state index contributed by atoms with van der Waals surface area (Å²) in [5.41, 5.74) is 0.314. The molecule has 2 bridgehead atoms. The van der Waals surface area contributed by atoms with Crippen LogP contribution < -0.4 is 19.7 Å². The molecule has 1 amide bonds. The fourth-order valence-corrected chi connectivity index (χ4v) is 6.16. The number of aliphatic hydroxyl groups is 1. The fraction of sp³-hybridized carbons (Fsp3) is 0.500. The number of rotatable bonds is 7. The van der Waals surface area contributed by atoms with Gasteiger partial charge in [0.15, 0.2) is 11.9 Å². The lowest BCUT2D eigenvalue weighted by atomic mass is 9.54. The van der Waals surface area contributed by atoms with Crippen LogP contribution >= 0.6 is 11.6 Å². The van der Waals surface area contributed by atoms with Crippen LogP contribution in [0.5, 0.6) is 11.5 Å². The number of carbonyl (C=O) groups is 2. The standard InChI is InChI=1S/C28H32ClFN2O5/c1-17-3-5-20(12-21(17)30)36-16-19(33)13-27-7-9-28(10-8-27,14-25(27)34)31-26(35)24-15-32(2)22-11-18(29)4-6-23(22)37-24/h3-6,11-12,24-25,34H,7-10,13-16H2,1-2H3,(H,31,35)/t24?,25-,27?,28?/m0/s1. The summed E-state index contributed by atoms with van der Waals surface area (Å²) in [6.07, 6.45) is 1.83. The molecule has 9 heteroatoms. The van der Waals surface area contributed by atoms with Crippen LogP contribution in [0.1, 0.15) is 44.1 Å². The van der Waals surface area contributed by atoms with Crippen LogP contribution in [0.3, 0.4) is 0 Å². The molecule has 1 heterocycles. The zero-order valence-corrected chi connectivity index (χ0v) is 21.8. The number of ether oxygens (including phenoxy) is 2. The minimum Gasteiger partial charge on any atom is -0.486 e. The highest BCUT2D eigenvalue weighted by Crippen LogP contribution is 2.54. The van der Waals surface area contributed by atoms with Crippen LogP contribution in [0.25, 0.3) is 0 Å². The molecule has 0 spiro atoms. The second-order valence-electron chi connectivity index (χ2n) is 10.9. The van der Waals surface area contributed by atoms with Crippen LogP contribution in [0.2, 0.25) is 5.02 Å². The molecular weight excluding hydrogens is 499 g/mol. The van der Waals surface area contributed by atoms with Crippen LogP contribution in [-0.4, -0.2) is 54.7 Å². The van der Waals surface area contributed by atoms with Gasteiger partial charge in [-0.3, -0.25) is 9.59 Å². The van der Waals surface area contributed by atoms with Crippen molar-refractivity contribution in [3.05, 3.63) is 52.8 Å². The maximum absolute atomic E-state index is 13.8. The van der Waals surface area contributed by atoms with E-state index in [0.717, 1.165) is 5.69 Å². The number of hydrogen-bond acceptors (Lipinski definition) is 6. The number of benzene rings is 2. The monoisotopic (exact) mass is 530 g/mol. The Hall–Kier alpha value is -2.84. The summed E-state index contributed by atoms with van der Waals surface area (Å²) < 4.78 is 25.2. The van der Waals surface area contributed by atoms with E-state index in [-0.39, 0.29) is 30.5 Å². The second-order valence-corrected chi connectivity index (χ2v) is 11.3. The molecule has 4 aliphatic rings. The Balaban J connectivity index is 1.17. The first kappa shape index (κ1) is 25.8. The molecule has 0 saturated heterocycles. The van der Waals surface area contributed by atoms with Gasteiger partial charge >= 0.3 is 0 Å². The third-order valence-corrected chi connectivity index (χ3v) is 8.54. The number of aliphatic hydroxyl groups excluding tert-OH is 1. The predicted molar refractivity (Wildman–Crippen MR) is 138 cm³/mol. The zero-order chi connectivity index (χ0) is 26.4. The Morgan fingerprint density at radius 1 is 1.22 bits per heavy atom. The number of amides is 1. The summed E-state index contributed by atoms with van der Waals surface area (Å²) in [5, 5.41) is 14.9. The summed E-state index contributed by atoms with van der Waals surface area (Å²) >= 11 is 6.10. The SMILES string of the molecule is Cc1ccc(OCC(=O)CC23CCC(NC(=O)C4CN(C)c5cc(Cl)ccc5O4)(CC2)C[C@@H]3O)cc1F. The summed E-state index contributed by atoms with van der Waals surface area (Å²) in [7, 11) is 1.89. The number of aryl methyl sites for hydroxylation is 1. The third-order valence-electron chi connectivity index (χ3n) is 8.31. The van der Waals surface area contributed by atoms with Gasteiger partial charge in [0.2, 0.25) is 0 Å². The minimum atomic E-state index is -0.714. The fourth-order valence-electron chi connectivity index (χ4n) is 6.00. The topological polar surface area (TPSA) is 88.1 Å². The molecule has 0 radical (unpaired) electrons. The highest BCUT2D eigenvalue weighted by atomic mass is 35.5. The van der Waals surface area contributed by atoms with E-state index in [1.807, 2.05) is 18.0 Å². The second kappa shape index (κ2) is 9.80. The lowest BCUT2D eigenvalue weighted by Crippen LogP contribution is -2.64. The van der Waals surface area contributed by atoms with Crippen molar-refractivity contribution in [2.45, 2.75) is 63.2 Å². The molecule has 1 aliphatic heterocycles. The first-order valence-electron chi connectivity index (χ1n) is 12.7. The highest BCUT2D eigenvalue weighted by molar-refractivity contribution is 6.31. The van der Waals surface area contributed by atoms with Gasteiger partial charge in [-0.05, 0) is 68.9 Å². The van der Waals surface area contributed by atoms with Gasteiger partial charge in [-0.2, -0.15) is 0 Å². The first-order valence-corrected chi connectivity index (χ1v) is 13.0. The largest absolute Gasteiger partial charge is 0.486 e. The van der Waals surface area contributed by atoms with Crippen LogP contribution in [0.15, 0.2) is 36.4 Å². The van der Waals surface area contributed by atoms with E-state index in [9.17, 15) is 19.1 Å². The van der Waals surface area contributed by atoms with Crippen LogP contribution in [-0.2, 0) is 9.59 Å². The first-order chi connectivity index (χ1) is 17.6. The number of carbonyl (C=O) groups excluding carboxylic acids is 2. The molecule has 1 unspecified atom stereocenters. The number of Topliss-reactive ketones (excluding diaryl/α,β-unsaturated/α-hetero) is 1. The maximum atomic E-state index is 13.8. The van der Waals surface area contributed by atoms with Gasteiger partial charge in [0.1, 0.15) is 23.9 Å². The van der Waals surface area contributed by atoms with Gasteiger partial charge in [0, 0.05) is 35.5 Å². The molecule has 2 aromatic carbocycles. The van der Waals surface area contributed by atoms with E-state index in [2.05, 4.69) is 5.32 Å². The molecule has 2 N–H and O–H groups in total. The molecule has 3 aliphatic carbocycles. The number of halogens is 2. The molecule has 198 valence electrons. The summed E-state index contributed by atoms with van der Waals surface area (Å²) in [6, 6.07) is 9.83. The molecule has 7 nitrogen and oxygen atoms in total. The van der Waals surface area contributed by atoms with Crippen molar-refractivity contribution < 1.29 is 28.6 Å². The van der Waals surface area contributed by atoms with Crippen molar-refractivity contribution in [2.24, 2.45) is 5.41 Å². The van der Waals surface area contributed by atoms with Gasteiger partial charge in [-0.1, -0.05) is 17.7 Å². The van der Waals surface area contributed by atoms with E-state index in [0.29, 0.717) is 60.7 Å². The van der Waals surface area contributed by atoms with E-state index >= 15 is 0 Å². The van der Waals surface area contributed by atoms with Crippen molar-refractivity contribution in [3.63, 3.8) is 0 Å². The molecular formula is C28H32ClFN2O5. The Morgan fingerprint density at radius 3 is 2.68 bits per heavy atom. The van der Waals surface area contributed by atoms with Crippen molar-refractivity contribution in [3.8, 4) is 11.5 Å². The normalized spacial score (nSPS) is 28.3. The van der Waals surface area contributed by atoms with Crippen molar-refractivity contribution >= 4 is 29.0 Å². The lowest BCUT2D eigenvalue weighted by Gasteiger charge is -2.56. The van der Waals surface area contributed by atoms with Crippen LogP contribution in [0, 0.1) is 18.2 Å². The van der Waals surface area contributed by atoms with E-state index in [1.165, 1.54) is 6.07 Å². The average Bonchev–Trinajstić information content (AvgIpc) is 2.86. The zero-order valence-electron chi connectivity index (χ0n) is 21.1. The third kappa shape index (κ3) is 5.14. The molecule has 6 rings (SSSR count). The number of hydrogen-bond donors (Lipinski definition) is 2. The Morgan fingerprint density at radius 2 is 1.97 bits per heavy atom. The number of fused-ring (bicyclic) bond motifs is 4. The molecule has 37 heavy (non-hydrogen) atoms. The molecule has 3 fully saturated rings. The van der Waals surface area contributed by atoms with Crippen LogP contribution in [0.4, 0.5) is 10.1 Å². The maximum Gasteiger partial charge on any atom is 0.263 e.